The van der Waals surface area contributed by atoms with Gasteiger partial charge >= 0.3 is 9.76 Å². The van der Waals surface area contributed by atoms with Crippen molar-refractivity contribution in [3.8, 4) is 0 Å². The van der Waals surface area contributed by atoms with Gasteiger partial charge in [-0.2, -0.15) is 0 Å². The Morgan fingerprint density at radius 3 is 2.00 bits per heavy atom. The van der Waals surface area contributed by atoms with Gasteiger partial charge in [0.1, 0.15) is 0 Å². The zero-order valence-corrected chi connectivity index (χ0v) is 11.4. The van der Waals surface area contributed by atoms with Crippen LogP contribution < -0.4 is 0 Å². The molecule has 0 aliphatic carbocycles. The monoisotopic (exact) mass is 214 g/mol. The maximum Gasteiger partial charge on any atom is 0.321 e. The lowest BCUT2D eigenvalue weighted by Crippen LogP contribution is -2.22. The van der Waals surface area contributed by atoms with Crippen LogP contribution >= 0.6 is 0 Å². The van der Waals surface area contributed by atoms with Crippen molar-refractivity contribution in [3.05, 3.63) is 11.5 Å². The molecule has 0 atom stereocenters. The van der Waals surface area contributed by atoms with Crippen LogP contribution in [0.5, 0.6) is 0 Å². The van der Waals surface area contributed by atoms with Crippen LogP contribution in [0.3, 0.4) is 0 Å². The molecule has 0 heterocycles. The highest BCUT2D eigenvalue weighted by atomic mass is 28.2. The molecule has 2 radical (unpaired) electrons. The van der Waals surface area contributed by atoms with Crippen LogP contribution in [0.2, 0.25) is 5.04 Å². The van der Waals surface area contributed by atoms with E-state index < -0.39 is 0 Å². The van der Waals surface area contributed by atoms with E-state index in [2.05, 4.69) is 27.7 Å². The van der Waals surface area contributed by atoms with Gasteiger partial charge in [0.2, 0.25) is 0 Å². The first-order valence-electron chi connectivity index (χ1n) is 4.96. The van der Waals surface area contributed by atoms with E-state index >= 15 is 0 Å². The lowest BCUT2D eigenvalue weighted by atomic mass is 9.99. The van der Waals surface area contributed by atoms with Crippen molar-refractivity contribution in [2.45, 2.75) is 46.6 Å². The average Bonchev–Trinajstić information content (AvgIpc) is 2.04. The molecule has 0 aliphatic rings. The molecule has 0 aliphatic heterocycles. The smallest absolute Gasteiger partial charge is 0.321 e. The third-order valence-electron chi connectivity index (χ3n) is 2.44. The minimum Gasteiger partial charge on any atom is -0.516 e. The first-order valence-corrected chi connectivity index (χ1v) is 5.87. The van der Waals surface area contributed by atoms with Crippen molar-refractivity contribution >= 4 is 9.76 Å². The molecule has 2 nitrogen and oxygen atoms in total. The van der Waals surface area contributed by atoms with Crippen molar-refractivity contribution < 1.29 is 9.16 Å². The van der Waals surface area contributed by atoms with E-state index in [1.165, 1.54) is 0 Å². The van der Waals surface area contributed by atoms with Gasteiger partial charge in [0, 0.05) is 5.57 Å². The molecule has 0 aromatic rings. The Morgan fingerprint density at radius 2 is 1.71 bits per heavy atom. The van der Waals surface area contributed by atoms with E-state index in [0.29, 0.717) is 21.6 Å². The number of hydrogen-bond donors (Lipinski definition) is 0. The number of allylic oxidation sites excluding steroid dienone is 1. The Kier molecular flexibility index (Phi) is 5.27. The fraction of sp³-hybridized carbons (Fsp3) is 0.818. The molecule has 0 unspecified atom stereocenters. The van der Waals surface area contributed by atoms with Gasteiger partial charge in [-0.25, -0.2) is 0 Å². The molecular weight excluding hydrogens is 192 g/mol. The maximum atomic E-state index is 5.66. The van der Waals surface area contributed by atoms with E-state index in [1.54, 1.807) is 7.11 Å². The van der Waals surface area contributed by atoms with Crippen LogP contribution in [0.15, 0.2) is 11.5 Å². The largest absolute Gasteiger partial charge is 0.516 e. The molecule has 14 heavy (non-hydrogen) atoms. The molecule has 0 bridgehead atoms. The molecule has 0 spiro atoms. The topological polar surface area (TPSA) is 18.5 Å². The zero-order valence-electron chi connectivity index (χ0n) is 10.4. The molecule has 0 amide bonds. The van der Waals surface area contributed by atoms with Crippen LogP contribution in [0.25, 0.3) is 0 Å². The van der Waals surface area contributed by atoms with Crippen molar-refractivity contribution in [2.75, 3.05) is 7.11 Å². The van der Waals surface area contributed by atoms with Gasteiger partial charge in [-0.1, -0.05) is 27.7 Å². The second-order valence-electron chi connectivity index (χ2n) is 4.57. The van der Waals surface area contributed by atoms with Gasteiger partial charge in [0.05, 0.1) is 7.11 Å². The highest BCUT2D eigenvalue weighted by Crippen LogP contribution is 2.33. The van der Waals surface area contributed by atoms with Gasteiger partial charge in [-0.15, -0.1) is 0 Å². The average molecular weight is 214 g/mol. The molecular formula is C11H22O2Si. The summed E-state index contributed by atoms with van der Waals surface area (Å²) in [5.74, 6) is 1.27. The summed E-state index contributed by atoms with van der Waals surface area (Å²) < 4.78 is 10.8. The van der Waals surface area contributed by atoms with E-state index in [0.717, 1.165) is 5.57 Å². The summed E-state index contributed by atoms with van der Waals surface area (Å²) in [4.78, 5) is 0. The van der Waals surface area contributed by atoms with E-state index in [1.807, 2.05) is 13.8 Å². The Morgan fingerprint density at radius 1 is 1.21 bits per heavy atom. The zero-order chi connectivity index (χ0) is 11.4. The standard InChI is InChI=1S/C11H22O2Si/c1-8(2)10(12-7)13-14-11(5,6)9(3)4/h9H,1-7H3. The molecule has 0 saturated heterocycles. The number of ether oxygens (including phenoxy) is 1. The maximum absolute atomic E-state index is 5.66. The summed E-state index contributed by atoms with van der Waals surface area (Å²) in [7, 11) is 2.08. The first-order chi connectivity index (χ1) is 6.31. The SMILES string of the molecule is COC(O[Si]C(C)(C)C(C)C)=C(C)C. The second-order valence-corrected chi connectivity index (χ2v) is 6.27. The summed E-state index contributed by atoms with van der Waals surface area (Å²) in [5, 5.41) is 0.208. The summed E-state index contributed by atoms with van der Waals surface area (Å²) in [5.41, 5.74) is 1.08. The Bertz CT molecular complexity index is 203. The third kappa shape index (κ3) is 4.18. The molecule has 0 saturated carbocycles. The highest BCUT2D eigenvalue weighted by Gasteiger charge is 2.26. The number of hydrogen-bond acceptors (Lipinski definition) is 2. The molecule has 0 aromatic carbocycles. The summed E-state index contributed by atoms with van der Waals surface area (Å²) in [6.07, 6.45) is 0. The third-order valence-corrected chi connectivity index (χ3v) is 3.83. The van der Waals surface area contributed by atoms with Crippen LogP contribution in [0.4, 0.5) is 0 Å². The van der Waals surface area contributed by atoms with Crippen LogP contribution in [0, 0.1) is 5.92 Å². The van der Waals surface area contributed by atoms with E-state index in [4.69, 9.17) is 9.16 Å². The second kappa shape index (κ2) is 5.44. The normalized spacial score (nSPS) is 11.4. The number of methoxy groups -OCH3 is 1. The lowest BCUT2D eigenvalue weighted by molar-refractivity contribution is 0.144. The molecule has 0 rings (SSSR count). The predicted octanol–water partition coefficient (Wildman–Crippen LogP) is 3.37. The summed E-state index contributed by atoms with van der Waals surface area (Å²) in [6.45, 7) is 12.8. The van der Waals surface area contributed by atoms with Crippen molar-refractivity contribution in [1.29, 1.82) is 0 Å². The Labute approximate surface area is 90.6 Å². The minimum absolute atomic E-state index is 0.208. The van der Waals surface area contributed by atoms with E-state index in [-0.39, 0.29) is 5.04 Å². The Hall–Kier alpha value is -0.443. The molecule has 0 fully saturated rings. The van der Waals surface area contributed by atoms with Crippen LogP contribution in [-0.2, 0) is 9.16 Å². The van der Waals surface area contributed by atoms with Crippen LogP contribution in [-0.4, -0.2) is 16.9 Å². The van der Waals surface area contributed by atoms with Gasteiger partial charge < -0.3 is 9.16 Å². The Balaban J connectivity index is 4.24. The number of rotatable bonds is 5. The predicted molar refractivity (Wildman–Crippen MR) is 61.1 cm³/mol. The highest BCUT2D eigenvalue weighted by molar-refractivity contribution is 6.32. The summed E-state index contributed by atoms with van der Waals surface area (Å²) in [6, 6.07) is 0. The minimum atomic E-state index is 0.208. The fourth-order valence-corrected chi connectivity index (χ4v) is 1.52. The molecule has 82 valence electrons. The summed E-state index contributed by atoms with van der Waals surface area (Å²) >= 11 is 0. The van der Waals surface area contributed by atoms with Gasteiger partial charge in [-0.3, -0.25) is 0 Å². The fourth-order valence-electron chi connectivity index (χ4n) is 0.644. The lowest BCUT2D eigenvalue weighted by Gasteiger charge is -2.27. The van der Waals surface area contributed by atoms with Gasteiger partial charge in [-0.05, 0) is 24.8 Å². The molecule has 0 N–H and O–H groups in total. The van der Waals surface area contributed by atoms with Crippen molar-refractivity contribution in [3.63, 3.8) is 0 Å². The molecule has 3 heteroatoms. The van der Waals surface area contributed by atoms with Gasteiger partial charge in [0.15, 0.2) is 0 Å². The first kappa shape index (κ1) is 13.6. The van der Waals surface area contributed by atoms with Crippen LogP contribution in [0.1, 0.15) is 41.5 Å². The van der Waals surface area contributed by atoms with E-state index in [9.17, 15) is 0 Å². The van der Waals surface area contributed by atoms with Crippen molar-refractivity contribution in [2.24, 2.45) is 5.92 Å². The molecule has 0 aromatic heterocycles. The van der Waals surface area contributed by atoms with Gasteiger partial charge in [0.25, 0.3) is 5.95 Å². The quantitative estimate of drug-likeness (QED) is 0.516. The van der Waals surface area contributed by atoms with Crippen molar-refractivity contribution in [1.82, 2.24) is 0 Å².